The van der Waals surface area contributed by atoms with E-state index in [-0.39, 0.29) is 244 Å². The van der Waals surface area contributed by atoms with Gasteiger partial charge in [-0.05, 0) is 142 Å². The molecule has 0 spiro atoms. The molecule has 0 aromatic carbocycles. The van der Waals surface area contributed by atoms with Gasteiger partial charge in [-0.3, -0.25) is 112 Å². The number of amides is 12. The lowest BCUT2D eigenvalue weighted by Gasteiger charge is -2.29. The van der Waals surface area contributed by atoms with Gasteiger partial charge in [0.1, 0.15) is 73.3 Å². The predicted octanol–water partition coefficient (Wildman–Crippen LogP) is -14.1. The summed E-state index contributed by atoms with van der Waals surface area (Å²) in [6.07, 6.45) is 3.24. The molecule has 0 aliphatic carbocycles. The van der Waals surface area contributed by atoms with E-state index in [1.165, 1.54) is 6.92 Å². The molecule has 128 heavy (non-hydrogen) atoms. The average molecular weight is 1820 g/mol. The summed E-state index contributed by atoms with van der Waals surface area (Å²) in [5, 5.41) is 125. The van der Waals surface area contributed by atoms with Crippen LogP contribution < -0.4 is 180 Å². The summed E-state index contributed by atoms with van der Waals surface area (Å²) in [4.78, 5) is 170. The second kappa shape index (κ2) is 67.9. The molecule has 0 aliphatic heterocycles. The Kier molecular flexibility index (Phi) is 60.8. The number of hydrogen-bond acceptors (Lipinski definition) is 27. The summed E-state index contributed by atoms with van der Waals surface area (Å²) in [6, 6.07) is -15.9. The standard InChI is InChI=1S/C72H142N42O14/c1-3-14-42(53(75)116)105-52(115)39-128-38-37-127-36-35-95-55(118)43(16-6-27-97-65(78)79)107-57(120)46(19-8-29-99-67(82)83)110-58(121)45(17-5-25-94-40(2)73)109-60(123)48(21-10-31-101-69(86)87)112-62(125)50(23-12-33-103-71(90)91)114-63(126)51(24-13-34-104-72(92)93)113-61(124)49(22-11-32-102-70(88)89)111-59(122)47(20-9-30-100-68(84)85)108-56(119)44(18-7-28-98-66(80)81)106-54(117)41(74)15-4-26-96-64(76)77/h1,41-51,69,101H,4-39,74,86-87H2,2H3,(H2,73,94)(H2,75,116)(H,95,118)(H,105,115)(H,106,117)(H,107,120)(H,108,119)(H,109,123)(H,110,121)(H,111,122)(H,112,125)(H,113,124)(H,114,126)(H4,76,77,96)(H4,78,79,97)(H4,80,81,98)(H4,82,83,99)(H4,84,85,100)(H4,88,89,102)(H4,90,91,103)(H4,92,93,104)/t41-,42-,43-,44-,45-,46-,47-,48-,49-,50-,51-/m1/s1. The Morgan fingerprint density at radius 1 is 0.281 bits per heavy atom. The summed E-state index contributed by atoms with van der Waals surface area (Å²) >= 11 is 0. The summed E-state index contributed by atoms with van der Waals surface area (Å²) in [5.74, 6) is -11.7. The fraction of sp³-hybridized carbons (Fsp3) is 0.681. The monoisotopic (exact) mass is 1820 g/mol. The van der Waals surface area contributed by atoms with Crippen LogP contribution in [-0.4, -0.2) is 296 Å². The molecule has 54 N–H and O–H groups in total. The van der Waals surface area contributed by atoms with E-state index in [1.54, 1.807) is 0 Å². The SMILES string of the molecule is C#CC[C@@H](NC(=O)COCCOCCNC(=O)[C@@H](CCCNC(=N)N)NC(=O)[C@@H](CCCNC(=N)N)NC(=O)[C@@H](CCCNC(C)=N)NC(=O)[C@@H](CCCNC(N)N)NC(=O)[C@@H](CCCNC(=N)N)NC(=O)[C@@H](CCCNC(=N)N)NC(=O)[C@@H](CCCNC(=N)N)NC(=O)[C@@H](CCCNC(=N)N)NC(=O)[C@@H](CCCNC(=N)N)NC(=O)[C@H](N)CCCNC(=N)N)C(N)=O. The van der Waals surface area contributed by atoms with Gasteiger partial charge in [0.05, 0.1) is 31.7 Å². The van der Waals surface area contributed by atoms with Crippen molar-refractivity contribution in [1.29, 1.82) is 48.7 Å². The molecule has 0 unspecified atom stereocenters. The summed E-state index contributed by atoms with van der Waals surface area (Å²) in [6.45, 7) is 1.03. The number of nitrogens with one attached hydrogen (secondary N) is 30. The van der Waals surface area contributed by atoms with Crippen LogP contribution in [0.3, 0.4) is 0 Å². The zero-order chi connectivity index (χ0) is 96.5. The molecular weight excluding hydrogens is 1680 g/mol. The van der Waals surface area contributed by atoms with Crippen molar-refractivity contribution in [3.63, 3.8) is 0 Å². The Morgan fingerprint density at radius 2 is 0.516 bits per heavy atom. The summed E-state index contributed by atoms with van der Waals surface area (Å²) < 4.78 is 10.8. The minimum Gasteiger partial charge on any atom is -0.377 e. The lowest BCUT2D eigenvalue weighted by atomic mass is 10.0. The van der Waals surface area contributed by atoms with E-state index < -0.39 is 180 Å². The Balaban J connectivity index is 7.91. The van der Waals surface area contributed by atoms with Crippen LogP contribution in [0, 0.1) is 61.0 Å². The van der Waals surface area contributed by atoms with E-state index in [0.717, 1.165) is 0 Å². The van der Waals surface area contributed by atoms with Crippen molar-refractivity contribution in [3.05, 3.63) is 0 Å². The van der Waals surface area contributed by atoms with Crippen LogP contribution in [0.25, 0.3) is 0 Å². The fourth-order valence-corrected chi connectivity index (χ4v) is 11.7. The lowest BCUT2D eigenvalue weighted by Crippen LogP contribution is -2.60. The fourth-order valence-electron chi connectivity index (χ4n) is 11.7. The molecule has 0 aromatic heterocycles. The number of carbonyl (C=O) groups is 12. The second-order valence-electron chi connectivity index (χ2n) is 29.2. The first-order chi connectivity index (χ1) is 60.6. The third-order valence-corrected chi connectivity index (χ3v) is 18.2. The molecule has 56 nitrogen and oxygen atoms in total. The van der Waals surface area contributed by atoms with Crippen LogP contribution in [0.4, 0.5) is 0 Å². The molecule has 56 heteroatoms. The molecular formula is C72H142N42O14. The first-order valence-corrected chi connectivity index (χ1v) is 41.7. The number of primary amides is 1. The predicted molar refractivity (Wildman–Crippen MR) is 478 cm³/mol. The molecule has 12 amide bonds. The molecule has 0 rings (SSSR count). The van der Waals surface area contributed by atoms with Gasteiger partial charge in [0.2, 0.25) is 70.9 Å². The van der Waals surface area contributed by atoms with E-state index in [4.69, 9.17) is 133 Å². The number of rotatable bonds is 71. The van der Waals surface area contributed by atoms with Gasteiger partial charge in [-0.2, -0.15) is 0 Å². The van der Waals surface area contributed by atoms with Crippen molar-refractivity contribution in [2.45, 2.75) is 215 Å². The van der Waals surface area contributed by atoms with Crippen LogP contribution in [0.1, 0.15) is 142 Å². The molecule has 0 radical (unpaired) electrons. The minimum absolute atomic E-state index is 0.00294. The molecule has 724 valence electrons. The van der Waals surface area contributed by atoms with E-state index >= 15 is 14.4 Å². The van der Waals surface area contributed by atoms with Gasteiger partial charge in [-0.15, -0.1) is 12.3 Å². The van der Waals surface area contributed by atoms with Crippen molar-refractivity contribution in [1.82, 2.24) is 112 Å². The van der Waals surface area contributed by atoms with Gasteiger partial charge < -0.3 is 185 Å². The second-order valence-corrected chi connectivity index (χ2v) is 29.2. The first-order valence-electron chi connectivity index (χ1n) is 41.7. The highest BCUT2D eigenvalue weighted by molar-refractivity contribution is 5.99. The van der Waals surface area contributed by atoms with Crippen molar-refractivity contribution >= 4 is 124 Å². The molecule has 0 fully saturated rings. The molecule has 11 atom stereocenters. The minimum atomic E-state index is -1.63. The average Bonchev–Trinajstić information content (AvgIpc) is 0.860. The smallest absolute Gasteiger partial charge is 0.246 e. The zero-order valence-electron chi connectivity index (χ0n) is 72.6. The molecule has 0 aromatic rings. The number of amidine groups is 1. The van der Waals surface area contributed by atoms with E-state index in [9.17, 15) is 43.2 Å². The maximum atomic E-state index is 15.1. The highest BCUT2D eigenvalue weighted by Gasteiger charge is 2.37. The van der Waals surface area contributed by atoms with Crippen molar-refractivity contribution < 1.29 is 67.0 Å². The zero-order valence-corrected chi connectivity index (χ0v) is 72.6. The van der Waals surface area contributed by atoms with Crippen LogP contribution in [0.5, 0.6) is 0 Å². The number of ether oxygens (including phenoxy) is 2. The quantitative estimate of drug-likeness (QED) is 0.00884. The van der Waals surface area contributed by atoms with Crippen LogP contribution in [0.2, 0.25) is 0 Å². The highest BCUT2D eigenvalue weighted by atomic mass is 16.5. The van der Waals surface area contributed by atoms with Crippen molar-refractivity contribution in [3.8, 4) is 12.3 Å². The van der Waals surface area contributed by atoms with Gasteiger partial charge in [0.15, 0.2) is 47.7 Å². The normalized spacial score (nSPS) is 13.3. The highest BCUT2D eigenvalue weighted by Crippen LogP contribution is 2.13. The van der Waals surface area contributed by atoms with Crippen LogP contribution in [0.15, 0.2) is 0 Å². The maximum Gasteiger partial charge on any atom is 0.246 e. The maximum absolute atomic E-state index is 15.1. The molecule has 0 heterocycles. The van der Waals surface area contributed by atoms with E-state index in [2.05, 4.69) is 118 Å². The number of hydrogen-bond donors (Lipinski definition) is 42. The number of guanidine groups is 8. The Bertz CT molecular complexity index is 3630. The topological polar surface area (TPSA) is 1000 Å². The van der Waals surface area contributed by atoms with Crippen LogP contribution in [-0.2, 0) is 67.0 Å². The van der Waals surface area contributed by atoms with Gasteiger partial charge in [0.25, 0.3) is 0 Å². The van der Waals surface area contributed by atoms with Crippen molar-refractivity contribution in [2.24, 2.45) is 68.8 Å². The number of carbonyl (C=O) groups excluding carboxylic acids is 12. The van der Waals surface area contributed by atoms with E-state index in [0.29, 0.717) is 6.42 Å². The Hall–Kier alpha value is -13.4. The summed E-state index contributed by atoms with van der Waals surface area (Å²) in [5.41, 5.74) is 67.4. The molecule has 0 saturated carbocycles. The largest absolute Gasteiger partial charge is 0.377 e. The van der Waals surface area contributed by atoms with Gasteiger partial charge in [-0.25, -0.2) is 0 Å². The first kappa shape index (κ1) is 115. The lowest BCUT2D eigenvalue weighted by molar-refractivity contribution is -0.136. The Morgan fingerprint density at radius 3 is 0.758 bits per heavy atom. The van der Waals surface area contributed by atoms with Gasteiger partial charge in [0, 0.05) is 71.9 Å². The van der Waals surface area contributed by atoms with Gasteiger partial charge >= 0.3 is 0 Å². The molecule has 0 bridgehead atoms. The molecule has 0 aliphatic rings. The Labute approximate surface area is 743 Å². The molecule has 0 saturated heterocycles. The third-order valence-electron chi connectivity index (χ3n) is 18.2. The number of nitrogens with two attached hydrogens (primary N) is 12. The van der Waals surface area contributed by atoms with Crippen LogP contribution >= 0.6 is 0 Å². The summed E-state index contributed by atoms with van der Waals surface area (Å²) in [7, 11) is 0. The van der Waals surface area contributed by atoms with E-state index in [1.807, 2.05) is 0 Å². The van der Waals surface area contributed by atoms with Crippen molar-refractivity contribution in [2.75, 3.05) is 98.4 Å². The number of terminal acetylenes is 1. The third kappa shape index (κ3) is 58.7. The van der Waals surface area contributed by atoms with Gasteiger partial charge in [-0.1, -0.05) is 0 Å².